The summed E-state index contributed by atoms with van der Waals surface area (Å²) in [5.74, 6) is 0.300. The Labute approximate surface area is 108 Å². The van der Waals surface area contributed by atoms with Crippen LogP contribution in [0.4, 0.5) is 0 Å². The number of rotatable bonds is 5. The first-order valence-corrected chi connectivity index (χ1v) is 7.06. The summed E-state index contributed by atoms with van der Waals surface area (Å²) < 4.78 is 0. The van der Waals surface area contributed by atoms with Crippen LogP contribution in [-0.4, -0.2) is 23.0 Å². The number of carboxylic acid groups (broad SMARTS) is 1. The minimum Gasteiger partial charge on any atom is -0.480 e. The molecule has 18 heavy (non-hydrogen) atoms. The van der Waals surface area contributed by atoms with E-state index in [2.05, 4.69) is 5.32 Å². The summed E-state index contributed by atoms with van der Waals surface area (Å²) in [5, 5.41) is 11.9. The van der Waals surface area contributed by atoms with Crippen molar-refractivity contribution in [2.24, 2.45) is 23.7 Å². The number of aliphatic carboxylic acids is 1. The van der Waals surface area contributed by atoms with E-state index in [1.54, 1.807) is 0 Å². The van der Waals surface area contributed by atoms with Crippen LogP contribution in [0.15, 0.2) is 0 Å². The van der Waals surface area contributed by atoms with Crippen LogP contribution in [0, 0.1) is 23.7 Å². The van der Waals surface area contributed by atoms with Gasteiger partial charge in [-0.05, 0) is 37.0 Å². The zero-order valence-electron chi connectivity index (χ0n) is 11.2. The van der Waals surface area contributed by atoms with Crippen molar-refractivity contribution in [3.05, 3.63) is 0 Å². The Morgan fingerprint density at radius 1 is 1.33 bits per heavy atom. The molecular weight excluding hydrogens is 230 g/mol. The standard InChI is InChI=1S/C14H23NO3/c1-3-8(2)12(14(17)18)15-13(16)11-7-9-4-5-10(11)6-9/h8-12H,3-7H2,1-2H3,(H,15,16)(H,17,18)/t8-,9?,10?,11?,12-/m0/s1. The van der Waals surface area contributed by atoms with Crippen LogP contribution >= 0.6 is 0 Å². The van der Waals surface area contributed by atoms with E-state index in [1.165, 1.54) is 12.8 Å². The summed E-state index contributed by atoms with van der Waals surface area (Å²) in [6.07, 6.45) is 5.28. The van der Waals surface area contributed by atoms with Gasteiger partial charge in [-0.3, -0.25) is 4.79 Å². The van der Waals surface area contributed by atoms with E-state index in [9.17, 15) is 14.7 Å². The minimum absolute atomic E-state index is 0.0231. The molecule has 3 unspecified atom stereocenters. The van der Waals surface area contributed by atoms with Crippen LogP contribution in [-0.2, 0) is 9.59 Å². The summed E-state index contributed by atoms with van der Waals surface area (Å²) in [7, 11) is 0. The van der Waals surface area contributed by atoms with Gasteiger partial charge in [0.1, 0.15) is 6.04 Å². The molecule has 2 aliphatic rings. The van der Waals surface area contributed by atoms with Gasteiger partial charge in [-0.2, -0.15) is 0 Å². The molecule has 0 heterocycles. The molecule has 0 aromatic rings. The lowest BCUT2D eigenvalue weighted by Crippen LogP contribution is -2.48. The van der Waals surface area contributed by atoms with E-state index in [-0.39, 0.29) is 17.7 Å². The van der Waals surface area contributed by atoms with Crippen LogP contribution in [0.5, 0.6) is 0 Å². The van der Waals surface area contributed by atoms with Gasteiger partial charge in [0, 0.05) is 5.92 Å². The normalized spacial score (nSPS) is 33.1. The van der Waals surface area contributed by atoms with Crippen LogP contribution in [0.3, 0.4) is 0 Å². The second kappa shape index (κ2) is 5.29. The Morgan fingerprint density at radius 3 is 2.50 bits per heavy atom. The summed E-state index contributed by atoms with van der Waals surface area (Å²) >= 11 is 0. The molecule has 1 amide bonds. The predicted octanol–water partition coefficient (Wildman–Crippen LogP) is 2.04. The van der Waals surface area contributed by atoms with Crippen LogP contribution < -0.4 is 5.32 Å². The lowest BCUT2D eigenvalue weighted by atomic mass is 9.87. The van der Waals surface area contributed by atoms with E-state index >= 15 is 0 Å². The number of hydrogen-bond donors (Lipinski definition) is 2. The minimum atomic E-state index is -0.916. The Hall–Kier alpha value is -1.06. The fraction of sp³-hybridized carbons (Fsp3) is 0.857. The zero-order chi connectivity index (χ0) is 13.3. The van der Waals surface area contributed by atoms with E-state index in [1.807, 2.05) is 13.8 Å². The van der Waals surface area contributed by atoms with E-state index in [0.717, 1.165) is 19.3 Å². The molecule has 2 saturated carbocycles. The highest BCUT2D eigenvalue weighted by atomic mass is 16.4. The number of hydrogen-bond acceptors (Lipinski definition) is 2. The number of carbonyl (C=O) groups excluding carboxylic acids is 1. The van der Waals surface area contributed by atoms with Gasteiger partial charge >= 0.3 is 5.97 Å². The summed E-state index contributed by atoms with van der Waals surface area (Å²) in [5.41, 5.74) is 0. The molecule has 0 radical (unpaired) electrons. The van der Waals surface area contributed by atoms with Crippen molar-refractivity contribution in [3.63, 3.8) is 0 Å². The molecule has 2 fully saturated rings. The molecule has 5 atom stereocenters. The largest absolute Gasteiger partial charge is 0.480 e. The van der Waals surface area contributed by atoms with Crippen LogP contribution in [0.2, 0.25) is 0 Å². The Morgan fingerprint density at radius 2 is 2.06 bits per heavy atom. The first kappa shape index (κ1) is 13.4. The van der Waals surface area contributed by atoms with Gasteiger partial charge in [0.25, 0.3) is 0 Å². The molecule has 2 bridgehead atoms. The lowest BCUT2D eigenvalue weighted by Gasteiger charge is -2.25. The highest BCUT2D eigenvalue weighted by Crippen LogP contribution is 2.48. The number of nitrogens with one attached hydrogen (secondary N) is 1. The van der Waals surface area contributed by atoms with Crippen molar-refractivity contribution in [1.82, 2.24) is 5.32 Å². The second-order valence-corrected chi connectivity index (χ2v) is 5.99. The molecule has 0 spiro atoms. The number of fused-ring (bicyclic) bond motifs is 2. The highest BCUT2D eigenvalue weighted by molar-refractivity contribution is 5.85. The first-order chi connectivity index (χ1) is 8.52. The molecule has 2 aliphatic carbocycles. The molecule has 0 aliphatic heterocycles. The third kappa shape index (κ3) is 2.52. The number of carboxylic acids is 1. The van der Waals surface area contributed by atoms with Crippen molar-refractivity contribution in [2.45, 2.75) is 52.0 Å². The molecule has 4 heteroatoms. The van der Waals surface area contributed by atoms with Gasteiger partial charge < -0.3 is 10.4 Å². The smallest absolute Gasteiger partial charge is 0.326 e. The van der Waals surface area contributed by atoms with E-state index in [0.29, 0.717) is 11.8 Å². The third-order valence-corrected chi connectivity index (χ3v) is 4.85. The highest BCUT2D eigenvalue weighted by Gasteiger charge is 2.43. The van der Waals surface area contributed by atoms with Gasteiger partial charge in [-0.15, -0.1) is 0 Å². The predicted molar refractivity (Wildman–Crippen MR) is 68.0 cm³/mol. The van der Waals surface area contributed by atoms with Crippen molar-refractivity contribution in [1.29, 1.82) is 0 Å². The SMILES string of the molecule is CC[C@H](C)[C@H](NC(=O)C1CC2CCC1C2)C(=O)O. The Balaban J connectivity index is 1.95. The summed E-state index contributed by atoms with van der Waals surface area (Å²) in [4.78, 5) is 23.4. The maximum Gasteiger partial charge on any atom is 0.326 e. The molecule has 2 N–H and O–H groups in total. The lowest BCUT2D eigenvalue weighted by molar-refractivity contribution is -0.144. The Bertz CT molecular complexity index is 342. The summed E-state index contributed by atoms with van der Waals surface area (Å²) in [6, 6.07) is -0.735. The number of amides is 1. The van der Waals surface area contributed by atoms with Crippen LogP contribution in [0.1, 0.15) is 46.0 Å². The monoisotopic (exact) mass is 253 g/mol. The molecule has 0 aromatic heterocycles. The summed E-state index contributed by atoms with van der Waals surface area (Å²) in [6.45, 7) is 3.82. The molecule has 0 aromatic carbocycles. The zero-order valence-corrected chi connectivity index (χ0v) is 11.2. The van der Waals surface area contributed by atoms with E-state index in [4.69, 9.17) is 0 Å². The van der Waals surface area contributed by atoms with E-state index < -0.39 is 12.0 Å². The maximum absolute atomic E-state index is 12.2. The molecule has 2 rings (SSSR count). The fourth-order valence-electron chi connectivity index (χ4n) is 3.51. The average Bonchev–Trinajstić information content (AvgIpc) is 2.96. The van der Waals surface area contributed by atoms with Crippen molar-refractivity contribution in [3.8, 4) is 0 Å². The average molecular weight is 253 g/mol. The van der Waals surface area contributed by atoms with Crippen molar-refractivity contribution >= 4 is 11.9 Å². The molecule has 4 nitrogen and oxygen atoms in total. The van der Waals surface area contributed by atoms with Gasteiger partial charge in [-0.25, -0.2) is 4.79 Å². The third-order valence-electron chi connectivity index (χ3n) is 4.85. The van der Waals surface area contributed by atoms with Crippen molar-refractivity contribution < 1.29 is 14.7 Å². The van der Waals surface area contributed by atoms with Gasteiger partial charge in [0.05, 0.1) is 0 Å². The second-order valence-electron chi connectivity index (χ2n) is 5.99. The van der Waals surface area contributed by atoms with Gasteiger partial charge in [-0.1, -0.05) is 26.7 Å². The van der Waals surface area contributed by atoms with Crippen molar-refractivity contribution in [2.75, 3.05) is 0 Å². The molecule has 102 valence electrons. The first-order valence-electron chi connectivity index (χ1n) is 7.06. The fourth-order valence-corrected chi connectivity index (χ4v) is 3.51. The Kier molecular flexibility index (Phi) is 3.93. The molecular formula is C14H23NO3. The van der Waals surface area contributed by atoms with Crippen LogP contribution in [0.25, 0.3) is 0 Å². The topological polar surface area (TPSA) is 66.4 Å². The quantitative estimate of drug-likeness (QED) is 0.788. The van der Waals surface area contributed by atoms with Gasteiger partial charge in [0.15, 0.2) is 0 Å². The van der Waals surface area contributed by atoms with Gasteiger partial charge in [0.2, 0.25) is 5.91 Å². The number of carbonyl (C=O) groups is 2. The molecule has 0 saturated heterocycles. The maximum atomic E-state index is 12.2.